The highest BCUT2D eigenvalue weighted by Crippen LogP contribution is 2.42. The van der Waals surface area contributed by atoms with E-state index in [-0.39, 0.29) is 29.0 Å². The Balaban J connectivity index is 1.91. The summed E-state index contributed by atoms with van der Waals surface area (Å²) in [5.41, 5.74) is 2.29. The van der Waals surface area contributed by atoms with E-state index in [2.05, 4.69) is 5.32 Å². The molecule has 5 nitrogen and oxygen atoms in total. The van der Waals surface area contributed by atoms with Crippen LogP contribution in [0.5, 0.6) is 0 Å². The standard InChI is InChI=1S/C19H13ClN2O3/c20-16-8-6-12(9-17(16)22(24)25)15-10-18(23)21-19-13-4-2-1-3-11(13)5-7-14(15)19/h1-9,15H,10H2,(H,21,23)/t15-/m0/s1. The van der Waals surface area contributed by atoms with Crippen LogP contribution in [0.3, 0.4) is 0 Å². The summed E-state index contributed by atoms with van der Waals surface area (Å²) in [5, 5.41) is 16.2. The fraction of sp³-hybridized carbons (Fsp3) is 0.105. The van der Waals surface area contributed by atoms with Crippen molar-refractivity contribution in [3.05, 3.63) is 80.9 Å². The molecule has 25 heavy (non-hydrogen) atoms. The smallest absolute Gasteiger partial charge is 0.288 e. The van der Waals surface area contributed by atoms with Crippen molar-refractivity contribution in [2.75, 3.05) is 5.32 Å². The Labute approximate surface area is 148 Å². The van der Waals surface area contributed by atoms with E-state index >= 15 is 0 Å². The van der Waals surface area contributed by atoms with Crippen LogP contribution in [0.2, 0.25) is 5.02 Å². The van der Waals surface area contributed by atoms with E-state index in [1.54, 1.807) is 6.07 Å². The van der Waals surface area contributed by atoms with E-state index in [4.69, 9.17) is 11.6 Å². The summed E-state index contributed by atoms with van der Waals surface area (Å²) in [6.45, 7) is 0. The second kappa shape index (κ2) is 5.86. The summed E-state index contributed by atoms with van der Waals surface area (Å²) < 4.78 is 0. The van der Waals surface area contributed by atoms with Crippen LogP contribution in [0.25, 0.3) is 10.8 Å². The SMILES string of the molecule is O=C1C[C@@H](c2ccc(Cl)c([N+](=O)[O-])c2)c2ccc3ccccc3c2N1. The van der Waals surface area contributed by atoms with Gasteiger partial charge in [-0.2, -0.15) is 0 Å². The van der Waals surface area contributed by atoms with Gasteiger partial charge >= 0.3 is 0 Å². The lowest BCUT2D eigenvalue weighted by Gasteiger charge is -2.27. The van der Waals surface area contributed by atoms with Crippen LogP contribution in [0.4, 0.5) is 11.4 Å². The Kier molecular flexibility index (Phi) is 3.66. The normalized spacial score (nSPS) is 16.4. The van der Waals surface area contributed by atoms with Crippen LogP contribution in [-0.4, -0.2) is 10.8 Å². The van der Waals surface area contributed by atoms with Crippen molar-refractivity contribution in [1.29, 1.82) is 0 Å². The Hall–Kier alpha value is -2.92. The van der Waals surface area contributed by atoms with Gasteiger partial charge < -0.3 is 5.32 Å². The molecule has 0 spiro atoms. The van der Waals surface area contributed by atoms with Crippen molar-refractivity contribution in [3.63, 3.8) is 0 Å². The molecule has 0 fully saturated rings. The molecule has 1 aliphatic rings. The zero-order chi connectivity index (χ0) is 17.6. The molecule has 0 saturated carbocycles. The minimum Gasteiger partial charge on any atom is -0.325 e. The molecule has 1 aliphatic heterocycles. The first-order valence-corrected chi connectivity index (χ1v) is 8.18. The number of anilines is 1. The van der Waals surface area contributed by atoms with Crippen molar-refractivity contribution in [3.8, 4) is 0 Å². The topological polar surface area (TPSA) is 72.2 Å². The Morgan fingerprint density at radius 2 is 1.92 bits per heavy atom. The quantitative estimate of drug-likeness (QED) is 0.528. The van der Waals surface area contributed by atoms with E-state index in [1.165, 1.54) is 12.1 Å². The zero-order valence-electron chi connectivity index (χ0n) is 13.0. The average Bonchev–Trinajstić information content (AvgIpc) is 2.61. The number of carbonyl (C=O) groups is 1. The molecule has 124 valence electrons. The number of carbonyl (C=O) groups excluding carboxylic acids is 1. The van der Waals surface area contributed by atoms with Crippen LogP contribution in [0.15, 0.2) is 54.6 Å². The van der Waals surface area contributed by atoms with Gasteiger partial charge in [-0.3, -0.25) is 14.9 Å². The number of nitro benzene ring substituents is 1. The molecule has 1 amide bonds. The van der Waals surface area contributed by atoms with Gasteiger partial charge in [0.25, 0.3) is 5.69 Å². The van der Waals surface area contributed by atoms with Crippen molar-refractivity contribution < 1.29 is 9.72 Å². The Morgan fingerprint density at radius 1 is 1.12 bits per heavy atom. The molecule has 0 radical (unpaired) electrons. The van der Waals surface area contributed by atoms with Gasteiger partial charge in [0.05, 0.1) is 10.6 Å². The molecule has 0 saturated heterocycles. The summed E-state index contributed by atoms with van der Waals surface area (Å²) in [6.07, 6.45) is 0.240. The maximum absolute atomic E-state index is 12.3. The minimum absolute atomic E-state index is 0.0905. The van der Waals surface area contributed by atoms with Gasteiger partial charge in [-0.05, 0) is 22.6 Å². The summed E-state index contributed by atoms with van der Waals surface area (Å²) in [4.78, 5) is 22.9. The fourth-order valence-electron chi connectivity index (χ4n) is 3.39. The van der Waals surface area contributed by atoms with E-state index in [0.717, 1.165) is 22.0 Å². The molecule has 1 atom stereocenters. The molecule has 1 N–H and O–H groups in total. The van der Waals surface area contributed by atoms with Gasteiger partial charge in [0.1, 0.15) is 5.02 Å². The third kappa shape index (κ3) is 2.62. The van der Waals surface area contributed by atoms with Crippen LogP contribution in [0.1, 0.15) is 23.5 Å². The Bertz CT molecular complexity index is 1030. The van der Waals surface area contributed by atoms with Crippen LogP contribution >= 0.6 is 11.6 Å². The number of nitrogens with zero attached hydrogens (tertiary/aromatic N) is 1. The molecular weight excluding hydrogens is 340 g/mol. The van der Waals surface area contributed by atoms with Gasteiger partial charge in [-0.15, -0.1) is 0 Å². The van der Waals surface area contributed by atoms with Crippen LogP contribution in [0, 0.1) is 10.1 Å². The minimum atomic E-state index is -0.504. The predicted octanol–water partition coefficient (Wildman–Crippen LogP) is 4.88. The summed E-state index contributed by atoms with van der Waals surface area (Å²) in [6, 6.07) is 16.5. The maximum atomic E-state index is 12.3. The second-order valence-electron chi connectivity index (χ2n) is 6.02. The lowest BCUT2D eigenvalue weighted by atomic mass is 9.83. The third-order valence-corrected chi connectivity index (χ3v) is 4.88. The molecule has 6 heteroatoms. The highest BCUT2D eigenvalue weighted by molar-refractivity contribution is 6.32. The first-order chi connectivity index (χ1) is 12.0. The third-order valence-electron chi connectivity index (χ3n) is 4.56. The maximum Gasteiger partial charge on any atom is 0.288 e. The lowest BCUT2D eigenvalue weighted by molar-refractivity contribution is -0.384. The first-order valence-electron chi connectivity index (χ1n) is 7.80. The molecule has 0 aliphatic carbocycles. The number of benzene rings is 3. The van der Waals surface area contributed by atoms with Crippen LogP contribution in [-0.2, 0) is 4.79 Å². The number of fused-ring (bicyclic) bond motifs is 3. The number of hydrogen-bond donors (Lipinski definition) is 1. The van der Waals surface area contributed by atoms with E-state index in [0.29, 0.717) is 5.56 Å². The van der Waals surface area contributed by atoms with Gasteiger partial charge in [0, 0.05) is 23.8 Å². The predicted molar refractivity (Wildman–Crippen MR) is 97.1 cm³/mol. The van der Waals surface area contributed by atoms with Crippen LogP contribution < -0.4 is 5.32 Å². The Morgan fingerprint density at radius 3 is 2.72 bits per heavy atom. The number of nitro groups is 1. The summed E-state index contributed by atoms with van der Waals surface area (Å²) in [5.74, 6) is -0.351. The van der Waals surface area contributed by atoms with Gasteiger partial charge in [0.15, 0.2) is 0 Å². The van der Waals surface area contributed by atoms with Crippen molar-refractivity contribution in [2.24, 2.45) is 0 Å². The average molecular weight is 353 g/mol. The second-order valence-corrected chi connectivity index (χ2v) is 6.43. The number of halogens is 1. The van der Waals surface area contributed by atoms with Crippen molar-refractivity contribution in [1.82, 2.24) is 0 Å². The summed E-state index contributed by atoms with van der Waals surface area (Å²) >= 11 is 5.92. The molecular formula is C19H13ClN2O3. The zero-order valence-corrected chi connectivity index (χ0v) is 13.8. The molecule has 3 aromatic rings. The molecule has 3 aromatic carbocycles. The van der Waals surface area contributed by atoms with E-state index < -0.39 is 4.92 Å². The highest BCUT2D eigenvalue weighted by Gasteiger charge is 2.29. The number of hydrogen-bond acceptors (Lipinski definition) is 3. The lowest BCUT2D eigenvalue weighted by Crippen LogP contribution is -2.23. The molecule has 4 rings (SSSR count). The van der Waals surface area contributed by atoms with E-state index in [9.17, 15) is 14.9 Å². The monoisotopic (exact) mass is 352 g/mol. The van der Waals surface area contributed by atoms with Crippen molar-refractivity contribution >= 4 is 39.7 Å². The van der Waals surface area contributed by atoms with Gasteiger partial charge in [-0.1, -0.05) is 54.1 Å². The molecule has 0 aromatic heterocycles. The van der Waals surface area contributed by atoms with Gasteiger partial charge in [-0.25, -0.2) is 0 Å². The van der Waals surface area contributed by atoms with Crippen molar-refractivity contribution in [2.45, 2.75) is 12.3 Å². The molecule has 0 bridgehead atoms. The fourth-order valence-corrected chi connectivity index (χ4v) is 3.57. The van der Waals surface area contributed by atoms with E-state index in [1.807, 2.05) is 36.4 Å². The van der Waals surface area contributed by atoms with Gasteiger partial charge in [0.2, 0.25) is 5.91 Å². The highest BCUT2D eigenvalue weighted by atomic mass is 35.5. The number of rotatable bonds is 2. The molecule has 1 heterocycles. The largest absolute Gasteiger partial charge is 0.325 e. The molecule has 0 unspecified atom stereocenters. The first kappa shape index (κ1) is 15.6. The number of amides is 1. The number of nitrogens with one attached hydrogen (secondary N) is 1. The summed E-state index contributed by atoms with van der Waals surface area (Å²) in [7, 11) is 0.